The van der Waals surface area contributed by atoms with Crippen LogP contribution in [0.15, 0.2) is 42.5 Å². The Balaban J connectivity index is 2.47. The minimum Gasteiger partial charge on any atom is -0.497 e. The molecule has 0 bridgehead atoms. The number of methoxy groups -OCH3 is 1. The van der Waals surface area contributed by atoms with Gasteiger partial charge in [-0.25, -0.2) is 8.42 Å². The van der Waals surface area contributed by atoms with Crippen LogP contribution in [0.2, 0.25) is 10.0 Å². The van der Waals surface area contributed by atoms with Crippen LogP contribution in [-0.2, 0) is 26.2 Å². The number of hydrogen-bond donors (Lipinski definition) is 1. The fourth-order valence-corrected chi connectivity index (χ4v) is 4.88. The number of amides is 2. The van der Waals surface area contributed by atoms with Gasteiger partial charge >= 0.3 is 0 Å². The van der Waals surface area contributed by atoms with Gasteiger partial charge in [-0.1, -0.05) is 42.3 Å². The number of nitrogens with zero attached hydrogens (tertiary/aromatic N) is 2. The molecule has 34 heavy (non-hydrogen) atoms. The Hall–Kier alpha value is -2.49. The zero-order chi connectivity index (χ0) is 25.5. The van der Waals surface area contributed by atoms with Crippen molar-refractivity contribution in [2.24, 2.45) is 0 Å². The molecule has 0 heterocycles. The van der Waals surface area contributed by atoms with E-state index in [1.165, 1.54) is 30.2 Å². The third-order valence-electron chi connectivity index (χ3n) is 5.08. The molecule has 2 rings (SSSR count). The van der Waals surface area contributed by atoms with Crippen molar-refractivity contribution >= 4 is 50.7 Å². The quantitative estimate of drug-likeness (QED) is 0.478. The lowest BCUT2D eigenvalue weighted by Crippen LogP contribution is -2.52. The molecular formula is C23H29Cl2N3O5S. The van der Waals surface area contributed by atoms with Crippen molar-refractivity contribution in [3.63, 3.8) is 0 Å². The molecule has 2 amide bonds. The molecular weight excluding hydrogens is 501 g/mol. The lowest BCUT2D eigenvalue weighted by molar-refractivity contribution is -0.140. The van der Waals surface area contributed by atoms with Gasteiger partial charge in [-0.3, -0.25) is 13.9 Å². The highest BCUT2D eigenvalue weighted by Gasteiger charge is 2.32. The van der Waals surface area contributed by atoms with Crippen LogP contribution in [0.25, 0.3) is 0 Å². The summed E-state index contributed by atoms with van der Waals surface area (Å²) in [7, 11) is -2.36. The van der Waals surface area contributed by atoms with Crippen molar-refractivity contribution in [1.82, 2.24) is 10.2 Å². The number of halogens is 2. The number of anilines is 1. The smallest absolute Gasteiger partial charge is 0.244 e. The summed E-state index contributed by atoms with van der Waals surface area (Å²) in [4.78, 5) is 27.7. The second-order valence-electron chi connectivity index (χ2n) is 7.56. The van der Waals surface area contributed by atoms with Crippen LogP contribution in [-0.4, -0.2) is 57.6 Å². The van der Waals surface area contributed by atoms with Gasteiger partial charge in [0.1, 0.15) is 18.3 Å². The molecule has 186 valence electrons. The van der Waals surface area contributed by atoms with E-state index in [9.17, 15) is 18.0 Å². The van der Waals surface area contributed by atoms with Gasteiger partial charge in [-0.2, -0.15) is 0 Å². The van der Waals surface area contributed by atoms with Crippen molar-refractivity contribution in [2.75, 3.05) is 30.8 Å². The van der Waals surface area contributed by atoms with E-state index < -0.39 is 28.5 Å². The second-order valence-corrected chi connectivity index (χ2v) is 10.3. The molecule has 0 aliphatic carbocycles. The van der Waals surface area contributed by atoms with Gasteiger partial charge in [-0.05, 0) is 49.2 Å². The maximum Gasteiger partial charge on any atom is 0.244 e. The van der Waals surface area contributed by atoms with Gasteiger partial charge < -0.3 is 15.0 Å². The molecule has 11 heteroatoms. The van der Waals surface area contributed by atoms with Gasteiger partial charge in [0, 0.05) is 18.1 Å². The van der Waals surface area contributed by atoms with Gasteiger partial charge in [0.25, 0.3) is 0 Å². The summed E-state index contributed by atoms with van der Waals surface area (Å²) >= 11 is 12.2. The number of likely N-dealkylation sites (N-methyl/N-ethyl adjacent to an activating group) is 1. The van der Waals surface area contributed by atoms with Gasteiger partial charge in [-0.15, -0.1) is 0 Å². The van der Waals surface area contributed by atoms with Gasteiger partial charge in [0.2, 0.25) is 21.8 Å². The minimum absolute atomic E-state index is 0.0810. The van der Waals surface area contributed by atoms with Crippen molar-refractivity contribution in [3.8, 4) is 5.75 Å². The van der Waals surface area contributed by atoms with Gasteiger partial charge in [0.05, 0.1) is 24.1 Å². The lowest BCUT2D eigenvalue weighted by Gasteiger charge is -2.33. The summed E-state index contributed by atoms with van der Waals surface area (Å²) in [6.45, 7) is 3.51. The highest BCUT2D eigenvalue weighted by atomic mass is 35.5. The zero-order valence-electron chi connectivity index (χ0n) is 19.5. The normalized spacial score (nSPS) is 12.1. The highest BCUT2D eigenvalue weighted by Crippen LogP contribution is 2.30. The predicted octanol–water partition coefficient (Wildman–Crippen LogP) is 3.71. The Kier molecular flexibility index (Phi) is 10.0. The predicted molar refractivity (Wildman–Crippen MR) is 135 cm³/mol. The third-order valence-corrected chi connectivity index (χ3v) is 6.75. The molecule has 2 aromatic carbocycles. The van der Waals surface area contributed by atoms with Crippen LogP contribution in [0.4, 0.5) is 5.69 Å². The fraction of sp³-hybridized carbons (Fsp3) is 0.391. The number of rotatable bonds is 11. The van der Waals surface area contributed by atoms with E-state index in [2.05, 4.69) is 5.32 Å². The van der Waals surface area contributed by atoms with E-state index in [1.807, 2.05) is 0 Å². The van der Waals surface area contributed by atoms with Crippen LogP contribution in [0.5, 0.6) is 5.75 Å². The largest absolute Gasteiger partial charge is 0.497 e. The van der Waals surface area contributed by atoms with Crippen molar-refractivity contribution < 1.29 is 22.7 Å². The Morgan fingerprint density at radius 2 is 1.82 bits per heavy atom. The maximum absolute atomic E-state index is 13.6. The van der Waals surface area contributed by atoms with E-state index in [1.54, 1.807) is 38.1 Å². The molecule has 1 N–H and O–H groups in total. The molecule has 0 spiro atoms. The van der Waals surface area contributed by atoms with Crippen molar-refractivity contribution in [3.05, 3.63) is 58.1 Å². The van der Waals surface area contributed by atoms with Crippen LogP contribution < -0.4 is 14.4 Å². The van der Waals surface area contributed by atoms with E-state index in [-0.39, 0.29) is 23.2 Å². The standard InChI is InChI=1S/C23H29Cl2N3O5S/c1-5-20(23(30)26-6-2)27(14-16-8-7-9-18(12-16)33-3)22(29)15-28(34(4,31)32)21-11-10-17(24)13-19(21)25/h7-13,20H,5-6,14-15H2,1-4H3,(H,26,30)/t20-/m0/s1. The van der Waals surface area contributed by atoms with Crippen LogP contribution in [0, 0.1) is 0 Å². The number of ether oxygens (including phenoxy) is 1. The summed E-state index contributed by atoms with van der Waals surface area (Å²) in [5.41, 5.74) is 0.847. The Bertz CT molecular complexity index is 1130. The van der Waals surface area contributed by atoms with E-state index in [0.29, 0.717) is 23.7 Å². The molecule has 0 aliphatic heterocycles. The maximum atomic E-state index is 13.6. The van der Waals surface area contributed by atoms with Crippen molar-refractivity contribution in [1.29, 1.82) is 0 Å². The molecule has 0 radical (unpaired) electrons. The molecule has 0 saturated carbocycles. The van der Waals surface area contributed by atoms with E-state index in [4.69, 9.17) is 27.9 Å². The monoisotopic (exact) mass is 529 g/mol. The Labute approximate surface area is 210 Å². The molecule has 1 atom stereocenters. The third kappa shape index (κ3) is 7.25. The summed E-state index contributed by atoms with van der Waals surface area (Å²) < 4.78 is 31.4. The number of benzene rings is 2. The summed E-state index contributed by atoms with van der Waals surface area (Å²) in [6, 6.07) is 10.6. The lowest BCUT2D eigenvalue weighted by atomic mass is 10.1. The number of nitrogens with one attached hydrogen (secondary N) is 1. The number of hydrogen-bond acceptors (Lipinski definition) is 5. The molecule has 0 fully saturated rings. The molecule has 0 unspecified atom stereocenters. The summed E-state index contributed by atoms with van der Waals surface area (Å²) in [5.74, 6) is -0.282. The average Bonchev–Trinajstić information content (AvgIpc) is 2.77. The first-order chi connectivity index (χ1) is 16.0. The molecule has 0 aliphatic rings. The highest BCUT2D eigenvalue weighted by molar-refractivity contribution is 7.92. The fourth-order valence-electron chi connectivity index (χ4n) is 3.46. The molecule has 2 aromatic rings. The number of sulfonamides is 1. The number of carbonyl (C=O) groups excluding carboxylic acids is 2. The van der Waals surface area contributed by atoms with Crippen molar-refractivity contribution in [2.45, 2.75) is 32.9 Å². The second kappa shape index (κ2) is 12.3. The first-order valence-corrected chi connectivity index (χ1v) is 13.2. The topological polar surface area (TPSA) is 96.0 Å². The summed E-state index contributed by atoms with van der Waals surface area (Å²) in [5, 5.41) is 3.16. The molecule has 0 aromatic heterocycles. The minimum atomic E-state index is -3.89. The first kappa shape index (κ1) is 27.8. The van der Waals surface area contributed by atoms with E-state index >= 15 is 0 Å². The summed E-state index contributed by atoms with van der Waals surface area (Å²) in [6.07, 6.45) is 1.32. The van der Waals surface area contributed by atoms with Crippen LogP contribution in [0.3, 0.4) is 0 Å². The van der Waals surface area contributed by atoms with Gasteiger partial charge in [0.15, 0.2) is 0 Å². The number of carbonyl (C=O) groups is 2. The van der Waals surface area contributed by atoms with Crippen LogP contribution in [0.1, 0.15) is 25.8 Å². The first-order valence-electron chi connectivity index (χ1n) is 10.6. The Morgan fingerprint density at radius 3 is 2.38 bits per heavy atom. The molecule has 0 saturated heterocycles. The Morgan fingerprint density at radius 1 is 1.12 bits per heavy atom. The van der Waals surface area contributed by atoms with Crippen LogP contribution >= 0.6 is 23.2 Å². The zero-order valence-corrected chi connectivity index (χ0v) is 21.9. The SMILES string of the molecule is CCNC(=O)[C@H](CC)N(Cc1cccc(OC)c1)C(=O)CN(c1ccc(Cl)cc1Cl)S(C)(=O)=O. The van der Waals surface area contributed by atoms with E-state index in [0.717, 1.165) is 16.1 Å². The molecule has 8 nitrogen and oxygen atoms in total. The average molecular weight is 530 g/mol.